The number of alkyl halides is 3. The summed E-state index contributed by atoms with van der Waals surface area (Å²) in [4.78, 5) is 23.1. The van der Waals surface area contributed by atoms with Crippen LogP contribution in [0.4, 0.5) is 13.2 Å². The molecule has 22 heavy (non-hydrogen) atoms. The van der Waals surface area contributed by atoms with Crippen molar-refractivity contribution in [1.82, 2.24) is 5.32 Å². The summed E-state index contributed by atoms with van der Waals surface area (Å²) in [6.07, 6.45) is -5.44. The van der Waals surface area contributed by atoms with Crippen LogP contribution in [0.25, 0.3) is 0 Å². The third-order valence-corrected chi connectivity index (χ3v) is 3.95. The maximum absolute atomic E-state index is 12.5. The topological polar surface area (TPSA) is 86.6 Å². The lowest BCUT2D eigenvalue weighted by Gasteiger charge is -2.37. The molecule has 1 aromatic carbocycles. The van der Waals surface area contributed by atoms with E-state index in [9.17, 15) is 33.0 Å². The Bertz CT molecular complexity index is 642. The molecule has 1 unspecified atom stereocenters. The monoisotopic (exact) mass is 317 g/mol. The van der Waals surface area contributed by atoms with Gasteiger partial charge in [0.1, 0.15) is 17.0 Å². The number of aromatic hydroxyl groups is 2. The van der Waals surface area contributed by atoms with E-state index in [1.165, 1.54) is 12.1 Å². The number of halogens is 3. The number of nitrogens with one attached hydrogen (secondary N) is 1. The molecular formula is C14H14F3NO4. The highest BCUT2D eigenvalue weighted by atomic mass is 19.4. The van der Waals surface area contributed by atoms with Crippen LogP contribution < -0.4 is 5.32 Å². The molecule has 0 saturated heterocycles. The third kappa shape index (κ3) is 2.72. The molecule has 0 aromatic heterocycles. The van der Waals surface area contributed by atoms with Crippen LogP contribution in [0.2, 0.25) is 0 Å². The van der Waals surface area contributed by atoms with Crippen LogP contribution in [0, 0.1) is 0 Å². The number of carbonyl (C=O) groups is 2. The van der Waals surface area contributed by atoms with Crippen molar-refractivity contribution in [1.29, 1.82) is 0 Å². The number of rotatable bonds is 2. The summed E-state index contributed by atoms with van der Waals surface area (Å²) in [5.74, 6) is -3.18. The van der Waals surface area contributed by atoms with Crippen molar-refractivity contribution in [2.75, 3.05) is 0 Å². The Balaban J connectivity index is 2.41. The highest BCUT2D eigenvalue weighted by molar-refractivity contribution is 5.93. The predicted octanol–water partition coefficient (Wildman–Crippen LogP) is 1.59. The zero-order chi connectivity index (χ0) is 16.7. The molecule has 0 aliphatic heterocycles. The molecule has 1 amide bonds. The fourth-order valence-corrected chi connectivity index (χ4v) is 2.66. The Morgan fingerprint density at radius 3 is 2.23 bits per heavy atom. The number of ketones is 1. The van der Waals surface area contributed by atoms with Crippen LogP contribution in [0.1, 0.15) is 24.5 Å². The molecular weight excluding hydrogens is 303 g/mol. The Morgan fingerprint density at radius 1 is 1.18 bits per heavy atom. The van der Waals surface area contributed by atoms with E-state index in [1.54, 1.807) is 5.32 Å². The van der Waals surface area contributed by atoms with Gasteiger partial charge < -0.3 is 15.5 Å². The van der Waals surface area contributed by atoms with Gasteiger partial charge in [0.05, 0.1) is 0 Å². The predicted molar refractivity (Wildman–Crippen MR) is 69.4 cm³/mol. The van der Waals surface area contributed by atoms with Crippen LogP contribution in [0.15, 0.2) is 12.1 Å². The first-order valence-electron chi connectivity index (χ1n) is 6.50. The lowest BCUT2D eigenvalue weighted by Crippen LogP contribution is -2.59. The summed E-state index contributed by atoms with van der Waals surface area (Å²) in [6, 6.07) is 2.46. The molecule has 1 aromatic rings. The normalized spacial score (nSPS) is 21.1. The van der Waals surface area contributed by atoms with Gasteiger partial charge in [0.2, 0.25) is 0 Å². The highest BCUT2D eigenvalue weighted by Crippen LogP contribution is 2.39. The van der Waals surface area contributed by atoms with Crippen LogP contribution in [-0.2, 0) is 22.4 Å². The van der Waals surface area contributed by atoms with E-state index in [2.05, 4.69) is 0 Å². The number of benzene rings is 1. The molecule has 0 saturated carbocycles. The molecule has 1 aliphatic carbocycles. The van der Waals surface area contributed by atoms with E-state index in [4.69, 9.17) is 0 Å². The van der Waals surface area contributed by atoms with Crippen molar-refractivity contribution in [2.45, 2.75) is 37.9 Å². The van der Waals surface area contributed by atoms with Gasteiger partial charge in [-0.1, -0.05) is 0 Å². The smallest absolute Gasteiger partial charge is 0.471 e. The zero-order valence-corrected chi connectivity index (χ0v) is 11.6. The second kappa shape index (κ2) is 5.19. The van der Waals surface area contributed by atoms with E-state index in [1.807, 2.05) is 0 Å². The van der Waals surface area contributed by atoms with Crippen LogP contribution in [-0.4, -0.2) is 33.6 Å². The quantitative estimate of drug-likeness (QED) is 0.723. The molecule has 0 radical (unpaired) electrons. The highest BCUT2D eigenvalue weighted by Gasteiger charge is 2.48. The van der Waals surface area contributed by atoms with Gasteiger partial charge in [-0.3, -0.25) is 9.59 Å². The van der Waals surface area contributed by atoms with E-state index in [0.29, 0.717) is 5.56 Å². The maximum Gasteiger partial charge on any atom is 0.471 e. The van der Waals surface area contributed by atoms with Crippen LogP contribution in [0.5, 0.6) is 11.5 Å². The lowest BCUT2D eigenvalue weighted by molar-refractivity contribution is -0.176. The molecule has 1 aliphatic rings. The minimum absolute atomic E-state index is 0.0628. The number of Topliss-reactive ketones (excluding diaryl/α,β-unsaturated/α-hetero) is 1. The van der Waals surface area contributed by atoms with Crippen molar-refractivity contribution in [3.63, 3.8) is 0 Å². The molecule has 0 heterocycles. The van der Waals surface area contributed by atoms with Gasteiger partial charge in [-0.2, -0.15) is 13.2 Å². The first-order valence-corrected chi connectivity index (χ1v) is 6.50. The summed E-state index contributed by atoms with van der Waals surface area (Å²) >= 11 is 0. The summed E-state index contributed by atoms with van der Waals surface area (Å²) in [5.41, 5.74) is -1.20. The van der Waals surface area contributed by atoms with Gasteiger partial charge in [0.15, 0.2) is 5.78 Å². The summed E-state index contributed by atoms with van der Waals surface area (Å²) < 4.78 is 37.4. The molecule has 8 heteroatoms. The van der Waals surface area contributed by atoms with Crippen molar-refractivity contribution >= 4 is 11.7 Å². The summed E-state index contributed by atoms with van der Waals surface area (Å²) in [5, 5.41) is 21.3. The van der Waals surface area contributed by atoms with Crippen molar-refractivity contribution in [3.05, 3.63) is 23.3 Å². The van der Waals surface area contributed by atoms with Crippen molar-refractivity contribution in [3.8, 4) is 11.5 Å². The molecule has 0 spiro atoms. The van der Waals surface area contributed by atoms with Gasteiger partial charge in [0, 0.05) is 17.5 Å². The molecule has 5 nitrogen and oxygen atoms in total. The summed E-state index contributed by atoms with van der Waals surface area (Å²) in [7, 11) is 0. The minimum Gasteiger partial charge on any atom is -0.508 e. The molecule has 120 valence electrons. The third-order valence-electron chi connectivity index (χ3n) is 3.95. The Hall–Kier alpha value is -2.25. The van der Waals surface area contributed by atoms with E-state index in [-0.39, 0.29) is 36.3 Å². The fraction of sp³-hybridized carbons (Fsp3) is 0.429. The number of hydrogen-bond acceptors (Lipinski definition) is 4. The fourth-order valence-electron chi connectivity index (χ4n) is 2.66. The van der Waals surface area contributed by atoms with Gasteiger partial charge in [-0.25, -0.2) is 0 Å². The number of fused-ring (bicyclic) bond motifs is 1. The second-order valence-electron chi connectivity index (χ2n) is 5.33. The largest absolute Gasteiger partial charge is 0.508 e. The molecule has 0 bridgehead atoms. The van der Waals surface area contributed by atoms with Crippen molar-refractivity contribution < 1.29 is 33.0 Å². The Morgan fingerprint density at radius 2 is 1.73 bits per heavy atom. The molecule has 1 atom stereocenters. The number of hydrogen-bond donors (Lipinski definition) is 3. The van der Waals surface area contributed by atoms with Gasteiger partial charge in [-0.15, -0.1) is 0 Å². The van der Waals surface area contributed by atoms with Crippen LogP contribution >= 0.6 is 0 Å². The Kier molecular flexibility index (Phi) is 3.80. The SMILES string of the molecule is CC(=O)C1(NC(=O)C(F)(F)F)CCc2c(O)ccc(O)c2C1. The van der Waals surface area contributed by atoms with E-state index >= 15 is 0 Å². The average molecular weight is 317 g/mol. The van der Waals surface area contributed by atoms with Crippen LogP contribution in [0.3, 0.4) is 0 Å². The number of phenolic OH excluding ortho intramolecular Hbond substituents is 2. The Labute approximate surface area is 123 Å². The number of carbonyl (C=O) groups excluding carboxylic acids is 2. The number of phenols is 2. The molecule has 2 rings (SSSR count). The second-order valence-corrected chi connectivity index (χ2v) is 5.33. The first kappa shape index (κ1) is 16.1. The van der Waals surface area contributed by atoms with Crippen molar-refractivity contribution in [2.24, 2.45) is 0 Å². The molecule has 3 N–H and O–H groups in total. The standard InChI is InChI=1S/C14H14F3NO4/c1-7(19)13(18-12(22)14(15,16)17)5-4-8-9(6-13)11(21)3-2-10(8)20/h2-3,20-21H,4-6H2,1H3,(H,18,22). The van der Waals surface area contributed by atoms with Gasteiger partial charge >= 0.3 is 12.1 Å². The minimum atomic E-state index is -5.11. The van der Waals surface area contributed by atoms with Gasteiger partial charge in [0.25, 0.3) is 0 Å². The molecule has 0 fully saturated rings. The summed E-state index contributed by atoms with van der Waals surface area (Å²) in [6.45, 7) is 1.08. The average Bonchev–Trinajstić information content (AvgIpc) is 2.42. The van der Waals surface area contributed by atoms with E-state index in [0.717, 1.165) is 6.92 Å². The lowest BCUT2D eigenvalue weighted by atomic mass is 9.75. The first-order chi connectivity index (χ1) is 10.1. The van der Waals surface area contributed by atoms with E-state index < -0.39 is 23.4 Å². The van der Waals surface area contributed by atoms with Gasteiger partial charge in [-0.05, 0) is 31.9 Å². The maximum atomic E-state index is 12.5. The number of amides is 1. The zero-order valence-electron chi connectivity index (χ0n) is 11.6.